The molecule has 18 heteroatoms. The van der Waals surface area contributed by atoms with Gasteiger partial charge >= 0.3 is 40.1 Å². The minimum atomic E-state index is -1.16. The summed E-state index contributed by atoms with van der Waals surface area (Å²) in [7, 11) is 0. The maximum atomic E-state index is 12.5. The molecule has 0 amide bonds. The van der Waals surface area contributed by atoms with Gasteiger partial charge in [-0.15, -0.1) is 24.3 Å². The van der Waals surface area contributed by atoms with Crippen molar-refractivity contribution in [3.63, 3.8) is 0 Å². The normalized spacial score (nSPS) is 14.4. The third-order valence-electron chi connectivity index (χ3n) is 16.4. The SMILES string of the molecule is O=Cc1ccc(Oc2ccc(C3c4cc(c(O)cc4O)C(c4ccc(Oc5cc[c-]cc5)cc4)c4cc(c(O)cc4O)C(c4ccc(Oc5cc[c-]cc5)cc4)c4cc(c(O)cc4O)C(c4ccc(Oc5ccc(C=O)cc5)cc4)c4cc3c(O)cc4O)cc2)cc1.[O]=[Cr].[O]=[Cr]. The molecule has 0 aromatic heterocycles. The van der Waals surface area contributed by atoms with Crippen LogP contribution in [-0.4, -0.2) is 53.4 Å². The van der Waals surface area contributed by atoms with Gasteiger partial charge in [-0.2, -0.15) is 36.4 Å². The predicted molar refractivity (Wildman–Crippen MR) is 345 cm³/mol. The van der Waals surface area contributed by atoms with E-state index >= 15 is 0 Å². The number of hydrogen-bond donors (Lipinski definition) is 8. The van der Waals surface area contributed by atoms with Gasteiger partial charge < -0.3 is 59.8 Å². The second-order valence-electron chi connectivity index (χ2n) is 22.1. The average molecular weight is 1350 g/mol. The Kier molecular flexibility index (Phi) is 20.2. The minimum absolute atomic E-state index is 0.136. The molecule has 4 atom stereocenters. The molecule has 476 valence electrons. The number of rotatable bonds is 14. The molecule has 0 radical (unpaired) electrons. The molecule has 1 aliphatic rings. The summed E-state index contributed by atoms with van der Waals surface area (Å²) >= 11 is 2.75. The number of phenolic OH excluding ortho intramolecular Hbond substituents is 8. The third kappa shape index (κ3) is 14.1. The Morgan fingerprint density at radius 3 is 0.594 bits per heavy atom. The number of benzene rings is 12. The standard InChI is InChI=1S/C78H54O14.2Cr.2O/c79-43-45-11-23-53(24-12-45)91-57-31-19-49(20-32-57)77-63-36-61(69(83)40-71(63)85)75(47-15-27-55(28-16-47)89-51-7-3-1-4-8-51)59-35-60(68(82)39-67(59)81)76(48-17-29-56(30-18-48)90-52-9-5-2-6-10-52)62-37-64(72(86)41-70(62)84)78(66-38-65(77)73(87)42-74(66)88)50-21-33-58(34-22-50)92-54-25-13-46(44-80)14-26-54;;;;/h3-44,75-78,81-88H;;;;/q-2;;;;. The summed E-state index contributed by atoms with van der Waals surface area (Å²) in [5.74, 6) is -4.19. The van der Waals surface area contributed by atoms with Gasteiger partial charge in [0.1, 0.15) is 93.1 Å². The number of ether oxygens (including phenoxy) is 4. The van der Waals surface area contributed by atoms with E-state index in [-0.39, 0.29) is 44.5 Å². The van der Waals surface area contributed by atoms with Gasteiger partial charge in [0, 0.05) is 115 Å². The Hall–Kier alpha value is -11.8. The molecule has 12 aromatic rings. The van der Waals surface area contributed by atoms with Crippen LogP contribution in [0.25, 0.3) is 0 Å². The van der Waals surface area contributed by atoms with Gasteiger partial charge in [0.25, 0.3) is 0 Å². The Balaban J connectivity index is 0.00000230. The van der Waals surface area contributed by atoms with Gasteiger partial charge in [-0.25, -0.2) is 0 Å². The number of carbonyl (C=O) groups excluding carboxylic acids is 2. The number of carbonyl (C=O) groups is 2. The van der Waals surface area contributed by atoms with Crippen LogP contribution in [0.1, 0.15) is 111 Å². The zero-order valence-corrected chi connectivity index (χ0v) is 52.8. The molecule has 8 N–H and O–H groups in total. The molecular formula is C78H54Cr2O16-2. The Morgan fingerprint density at radius 2 is 0.417 bits per heavy atom. The van der Waals surface area contributed by atoms with Gasteiger partial charge in [-0.3, -0.25) is 9.59 Å². The summed E-state index contributed by atoms with van der Waals surface area (Å²) in [5.41, 5.74) is 4.00. The first kappa shape index (κ1) is 65.7. The van der Waals surface area contributed by atoms with Crippen molar-refractivity contribution in [3.8, 4) is 92.0 Å². The van der Waals surface area contributed by atoms with Crippen LogP contribution in [0, 0.1) is 12.1 Å². The third-order valence-corrected chi connectivity index (χ3v) is 16.4. The van der Waals surface area contributed by atoms with Crippen molar-refractivity contribution in [1.82, 2.24) is 0 Å². The zero-order chi connectivity index (χ0) is 67.6. The van der Waals surface area contributed by atoms with Crippen molar-refractivity contribution < 1.29 is 109 Å². The van der Waals surface area contributed by atoms with E-state index in [2.05, 4.69) is 12.1 Å². The second kappa shape index (κ2) is 29.5. The molecule has 0 saturated heterocycles. The van der Waals surface area contributed by atoms with Crippen molar-refractivity contribution in [2.45, 2.75) is 23.7 Å². The van der Waals surface area contributed by atoms with Gasteiger partial charge in [0.2, 0.25) is 0 Å². The van der Waals surface area contributed by atoms with E-state index in [0.717, 1.165) is 12.6 Å². The van der Waals surface area contributed by atoms with Gasteiger partial charge in [0.15, 0.2) is 0 Å². The fourth-order valence-corrected chi connectivity index (χ4v) is 12.0. The van der Waals surface area contributed by atoms with Crippen LogP contribution < -0.4 is 18.9 Å². The van der Waals surface area contributed by atoms with E-state index in [0.29, 0.717) is 79.4 Å². The molecule has 0 spiro atoms. The van der Waals surface area contributed by atoms with E-state index in [9.17, 15) is 50.4 Å². The van der Waals surface area contributed by atoms with E-state index in [1.54, 1.807) is 218 Å². The topological polar surface area (TPSA) is 267 Å². The molecular weight excluding hydrogens is 1300 g/mol. The van der Waals surface area contributed by atoms with Crippen LogP contribution in [0.3, 0.4) is 0 Å². The quantitative estimate of drug-likeness (QED) is 0.0371. The molecule has 96 heavy (non-hydrogen) atoms. The van der Waals surface area contributed by atoms with E-state index < -0.39 is 69.7 Å². The molecule has 16 nitrogen and oxygen atoms in total. The number of aldehydes is 2. The van der Waals surface area contributed by atoms with Crippen molar-refractivity contribution >= 4 is 12.6 Å². The van der Waals surface area contributed by atoms with Crippen LogP contribution in [0.4, 0.5) is 0 Å². The molecule has 8 bridgehead atoms. The van der Waals surface area contributed by atoms with Crippen molar-refractivity contribution in [2.75, 3.05) is 0 Å². The number of phenols is 8. The number of fused-ring (bicyclic) bond motifs is 8. The van der Waals surface area contributed by atoms with Crippen molar-refractivity contribution in [2.24, 2.45) is 0 Å². The van der Waals surface area contributed by atoms with E-state index in [1.165, 1.54) is 56.7 Å². The number of aromatic hydroxyl groups is 8. The molecule has 1 aliphatic carbocycles. The fourth-order valence-electron chi connectivity index (χ4n) is 12.0. The van der Waals surface area contributed by atoms with Crippen LogP contribution >= 0.6 is 0 Å². The molecule has 0 fully saturated rings. The van der Waals surface area contributed by atoms with Crippen LogP contribution in [0.5, 0.6) is 92.0 Å². The molecule has 0 saturated carbocycles. The molecule has 0 aliphatic heterocycles. The Morgan fingerprint density at radius 1 is 0.250 bits per heavy atom. The zero-order valence-electron chi connectivity index (χ0n) is 50.2. The van der Waals surface area contributed by atoms with Crippen molar-refractivity contribution in [3.05, 3.63) is 333 Å². The van der Waals surface area contributed by atoms with Gasteiger partial charge in [-0.05, 0) is 144 Å². The summed E-state index contributed by atoms with van der Waals surface area (Å²) in [4.78, 5) is 22.9. The molecule has 0 heterocycles. The van der Waals surface area contributed by atoms with Gasteiger partial charge in [0.05, 0.1) is 0 Å². The van der Waals surface area contributed by atoms with Crippen molar-refractivity contribution in [1.29, 1.82) is 0 Å². The molecule has 13 rings (SSSR count). The monoisotopic (exact) mass is 1350 g/mol. The van der Waals surface area contributed by atoms with Crippen LogP contribution in [0.2, 0.25) is 0 Å². The molecule has 4 unspecified atom stereocenters. The maximum absolute atomic E-state index is 12.5. The summed E-state index contributed by atoms with van der Waals surface area (Å²) in [5, 5.41) is 99.7. The average Bonchev–Trinajstić information content (AvgIpc) is 0.781. The Labute approximate surface area is 566 Å². The van der Waals surface area contributed by atoms with E-state index in [4.69, 9.17) is 26.6 Å². The Bertz CT molecular complexity index is 4440. The summed E-state index contributed by atoms with van der Waals surface area (Å²) in [6.07, 6.45) is 1.45. The van der Waals surface area contributed by atoms with Gasteiger partial charge in [-0.1, -0.05) is 48.5 Å². The van der Waals surface area contributed by atoms with Crippen LogP contribution in [0.15, 0.2) is 243 Å². The van der Waals surface area contributed by atoms with Crippen LogP contribution in [-0.2, 0) is 40.1 Å². The summed E-state index contributed by atoms with van der Waals surface area (Å²) < 4.78 is 41.1. The summed E-state index contributed by atoms with van der Waals surface area (Å²) in [6, 6.07) is 71.6. The fraction of sp³-hybridized carbons (Fsp3) is 0.0513. The first-order chi connectivity index (χ1) is 46.7. The van der Waals surface area contributed by atoms with E-state index in [1.807, 2.05) is 0 Å². The molecule has 12 aromatic carbocycles. The first-order valence-electron chi connectivity index (χ1n) is 29.5. The first-order valence-corrected chi connectivity index (χ1v) is 30.5. The summed E-state index contributed by atoms with van der Waals surface area (Å²) in [6.45, 7) is 0. The number of hydrogen-bond acceptors (Lipinski definition) is 16. The predicted octanol–water partition coefficient (Wildman–Crippen LogP) is 16.5. The second-order valence-corrected chi connectivity index (χ2v) is 22.1.